The number of benzene rings is 1. The van der Waals surface area contributed by atoms with Crippen LogP contribution in [0.25, 0.3) is 0 Å². The number of nitrogens with zero attached hydrogens (tertiary/aromatic N) is 1. The average Bonchev–Trinajstić information content (AvgIpc) is 2.56. The monoisotopic (exact) mass is 347 g/mol. The van der Waals surface area contributed by atoms with E-state index in [9.17, 15) is 13.2 Å². The molecule has 0 bridgehead atoms. The minimum atomic E-state index is -3.26. The van der Waals surface area contributed by atoms with Crippen LogP contribution in [0.3, 0.4) is 0 Å². The first-order valence-corrected chi connectivity index (χ1v) is 9.47. The highest BCUT2D eigenvalue weighted by Crippen LogP contribution is 2.09. The molecule has 0 aliphatic rings. The molecule has 1 atom stereocenters. The summed E-state index contributed by atoms with van der Waals surface area (Å²) in [6.45, 7) is 1.91. The lowest BCUT2D eigenvalue weighted by molar-refractivity contribution is 0.238. The van der Waals surface area contributed by atoms with Crippen molar-refractivity contribution in [2.24, 2.45) is 0 Å². The number of amides is 2. The van der Waals surface area contributed by atoms with Gasteiger partial charge in [0.1, 0.15) is 0 Å². The number of rotatable bonds is 7. The normalized spacial score (nSPS) is 12.4. The molecule has 0 unspecified atom stereocenters. The molecule has 2 rings (SSSR count). The molecule has 0 saturated carbocycles. The second kappa shape index (κ2) is 8.44. The fourth-order valence-electron chi connectivity index (χ4n) is 2.18. The minimum absolute atomic E-state index is 0.0246. The Morgan fingerprint density at radius 3 is 2.58 bits per heavy atom. The summed E-state index contributed by atoms with van der Waals surface area (Å²) in [6.07, 6.45) is 3.34. The lowest BCUT2D eigenvalue weighted by atomic mass is 10.1. The average molecular weight is 347 g/mol. The Balaban J connectivity index is 1.76. The molecule has 0 saturated heterocycles. The number of carbonyl (C=O) groups is 1. The number of aromatic nitrogens is 1. The lowest BCUT2D eigenvalue weighted by Gasteiger charge is -2.14. The highest BCUT2D eigenvalue weighted by atomic mass is 32.2. The Morgan fingerprint density at radius 1 is 1.17 bits per heavy atom. The Hall–Kier alpha value is -2.41. The molecule has 0 aliphatic carbocycles. The summed E-state index contributed by atoms with van der Waals surface area (Å²) >= 11 is 0. The third-order valence-electron chi connectivity index (χ3n) is 3.46. The van der Waals surface area contributed by atoms with E-state index in [-0.39, 0.29) is 24.1 Å². The Labute approximate surface area is 142 Å². The van der Waals surface area contributed by atoms with Crippen molar-refractivity contribution in [3.05, 3.63) is 66.0 Å². The molecule has 0 spiro atoms. The van der Waals surface area contributed by atoms with Gasteiger partial charge in [-0.2, -0.15) is 0 Å². The van der Waals surface area contributed by atoms with Gasteiger partial charge in [0.05, 0.1) is 17.5 Å². The van der Waals surface area contributed by atoms with Crippen LogP contribution >= 0.6 is 0 Å². The number of pyridine rings is 1. The van der Waals surface area contributed by atoms with E-state index in [1.165, 1.54) is 0 Å². The van der Waals surface area contributed by atoms with Crippen LogP contribution < -0.4 is 10.6 Å². The number of nitrogens with one attached hydrogen (secondary N) is 2. The van der Waals surface area contributed by atoms with Crippen LogP contribution in [0.15, 0.2) is 54.9 Å². The van der Waals surface area contributed by atoms with Gasteiger partial charge < -0.3 is 10.6 Å². The van der Waals surface area contributed by atoms with E-state index in [0.717, 1.165) is 11.1 Å². The molecular weight excluding hydrogens is 326 g/mol. The predicted molar refractivity (Wildman–Crippen MR) is 93.1 cm³/mol. The number of hydrogen-bond acceptors (Lipinski definition) is 4. The Bertz CT molecular complexity index is 749. The van der Waals surface area contributed by atoms with Crippen LogP contribution in [0.5, 0.6) is 0 Å². The standard InChI is InChI=1S/C17H21N3O3S/c1-14(16-8-5-9-18-12-16)20-17(21)19-10-11-24(22,23)13-15-6-3-2-4-7-15/h2-9,12,14H,10-11,13H2,1H3,(H2,19,20,21)/t14-/m1/s1. The van der Waals surface area contributed by atoms with Gasteiger partial charge in [0.25, 0.3) is 0 Å². The fraction of sp³-hybridized carbons (Fsp3) is 0.294. The quantitative estimate of drug-likeness (QED) is 0.802. The van der Waals surface area contributed by atoms with Gasteiger partial charge in [-0.25, -0.2) is 13.2 Å². The van der Waals surface area contributed by atoms with E-state index in [1.54, 1.807) is 42.7 Å². The van der Waals surface area contributed by atoms with Crippen molar-refractivity contribution in [2.45, 2.75) is 18.7 Å². The molecule has 1 aromatic carbocycles. The number of urea groups is 1. The predicted octanol–water partition coefficient (Wildman–Crippen LogP) is 2.06. The maximum atomic E-state index is 12.0. The Morgan fingerprint density at radius 2 is 1.92 bits per heavy atom. The highest BCUT2D eigenvalue weighted by Gasteiger charge is 2.13. The van der Waals surface area contributed by atoms with Crippen molar-refractivity contribution in [2.75, 3.05) is 12.3 Å². The first kappa shape index (κ1) is 17.9. The molecule has 0 fully saturated rings. The zero-order chi connectivity index (χ0) is 17.4. The van der Waals surface area contributed by atoms with Gasteiger partial charge in [0.15, 0.2) is 9.84 Å². The second-order valence-corrected chi connectivity index (χ2v) is 7.67. The van der Waals surface area contributed by atoms with Gasteiger partial charge in [0.2, 0.25) is 0 Å². The van der Waals surface area contributed by atoms with Gasteiger partial charge in [-0.3, -0.25) is 4.98 Å². The van der Waals surface area contributed by atoms with Crippen LogP contribution in [0.4, 0.5) is 4.79 Å². The zero-order valence-corrected chi connectivity index (χ0v) is 14.3. The van der Waals surface area contributed by atoms with Crippen molar-refractivity contribution >= 4 is 15.9 Å². The smallest absolute Gasteiger partial charge is 0.315 e. The molecule has 2 aromatic rings. The zero-order valence-electron chi connectivity index (χ0n) is 13.5. The van der Waals surface area contributed by atoms with Crippen LogP contribution in [-0.2, 0) is 15.6 Å². The fourth-order valence-corrected chi connectivity index (χ4v) is 3.44. The molecule has 0 radical (unpaired) electrons. The minimum Gasteiger partial charge on any atom is -0.337 e. The SMILES string of the molecule is C[C@@H](NC(=O)NCCS(=O)(=O)Cc1ccccc1)c1cccnc1. The topological polar surface area (TPSA) is 88.2 Å². The van der Waals surface area contributed by atoms with E-state index < -0.39 is 15.9 Å². The third kappa shape index (κ3) is 6.00. The van der Waals surface area contributed by atoms with Crippen molar-refractivity contribution in [3.63, 3.8) is 0 Å². The maximum absolute atomic E-state index is 12.0. The third-order valence-corrected chi connectivity index (χ3v) is 5.06. The van der Waals surface area contributed by atoms with Crippen LogP contribution in [0.1, 0.15) is 24.1 Å². The number of hydrogen-bond donors (Lipinski definition) is 2. The lowest BCUT2D eigenvalue weighted by Crippen LogP contribution is -2.39. The molecular formula is C17H21N3O3S. The van der Waals surface area contributed by atoms with E-state index in [4.69, 9.17) is 0 Å². The molecule has 6 nitrogen and oxygen atoms in total. The van der Waals surface area contributed by atoms with Crippen LogP contribution in [-0.4, -0.2) is 31.7 Å². The summed E-state index contributed by atoms with van der Waals surface area (Å²) in [4.78, 5) is 15.8. The summed E-state index contributed by atoms with van der Waals surface area (Å²) in [5.74, 6) is -0.125. The molecule has 0 aliphatic heterocycles. The maximum Gasteiger partial charge on any atom is 0.315 e. The number of carbonyl (C=O) groups excluding carboxylic acids is 1. The van der Waals surface area contributed by atoms with Gasteiger partial charge >= 0.3 is 6.03 Å². The van der Waals surface area contributed by atoms with E-state index >= 15 is 0 Å². The molecule has 1 heterocycles. The van der Waals surface area contributed by atoms with Gasteiger partial charge in [-0.1, -0.05) is 36.4 Å². The largest absolute Gasteiger partial charge is 0.337 e. The van der Waals surface area contributed by atoms with E-state index in [1.807, 2.05) is 19.1 Å². The molecule has 24 heavy (non-hydrogen) atoms. The Kier molecular flexibility index (Phi) is 6.31. The molecule has 2 amide bonds. The van der Waals surface area contributed by atoms with Crippen molar-refractivity contribution in [3.8, 4) is 0 Å². The van der Waals surface area contributed by atoms with E-state index in [2.05, 4.69) is 15.6 Å². The highest BCUT2D eigenvalue weighted by molar-refractivity contribution is 7.90. The molecule has 7 heteroatoms. The van der Waals surface area contributed by atoms with Crippen molar-refractivity contribution in [1.29, 1.82) is 0 Å². The summed E-state index contributed by atoms with van der Waals surface area (Å²) in [7, 11) is -3.26. The molecule has 128 valence electrons. The van der Waals surface area contributed by atoms with Crippen LogP contribution in [0.2, 0.25) is 0 Å². The summed E-state index contributed by atoms with van der Waals surface area (Å²) in [5, 5.41) is 5.32. The van der Waals surface area contributed by atoms with Gasteiger partial charge in [0, 0.05) is 18.9 Å². The van der Waals surface area contributed by atoms with Gasteiger partial charge in [-0.05, 0) is 24.1 Å². The van der Waals surface area contributed by atoms with Crippen molar-refractivity contribution < 1.29 is 13.2 Å². The first-order chi connectivity index (χ1) is 11.5. The first-order valence-electron chi connectivity index (χ1n) is 7.65. The second-order valence-electron chi connectivity index (χ2n) is 5.49. The summed E-state index contributed by atoms with van der Waals surface area (Å²) in [6, 6.07) is 12.0. The molecule has 2 N–H and O–H groups in total. The van der Waals surface area contributed by atoms with Crippen molar-refractivity contribution in [1.82, 2.24) is 15.6 Å². The van der Waals surface area contributed by atoms with Crippen LogP contribution in [0, 0.1) is 0 Å². The summed E-state index contributed by atoms with van der Waals surface area (Å²) in [5.41, 5.74) is 1.62. The molecule has 1 aromatic heterocycles. The number of sulfone groups is 1. The van der Waals surface area contributed by atoms with E-state index in [0.29, 0.717) is 0 Å². The summed E-state index contributed by atoms with van der Waals surface area (Å²) < 4.78 is 24.1. The van der Waals surface area contributed by atoms with Gasteiger partial charge in [-0.15, -0.1) is 0 Å².